The number of Topliss-reactive ketones (excluding diaryl/α,β-unsaturated/α-hetero) is 1. The van der Waals surface area contributed by atoms with E-state index < -0.39 is 17.7 Å². The van der Waals surface area contributed by atoms with Gasteiger partial charge in [-0.05, 0) is 60.6 Å². The maximum atomic E-state index is 13.7. The van der Waals surface area contributed by atoms with Crippen LogP contribution in [0.3, 0.4) is 0 Å². The molecule has 0 spiro atoms. The third-order valence-electron chi connectivity index (χ3n) is 7.19. The van der Waals surface area contributed by atoms with Crippen molar-refractivity contribution in [3.63, 3.8) is 0 Å². The second-order valence-electron chi connectivity index (χ2n) is 10.0. The average molecular weight is 647 g/mol. The molecule has 1 aromatic heterocycles. The number of benzene rings is 2. The van der Waals surface area contributed by atoms with Crippen LogP contribution in [0.4, 0.5) is 4.39 Å². The van der Waals surface area contributed by atoms with Crippen molar-refractivity contribution in [2.45, 2.75) is 30.2 Å². The minimum absolute atomic E-state index is 0.123. The number of nitrogens with zero attached hydrogens (tertiary/aromatic N) is 3. The summed E-state index contributed by atoms with van der Waals surface area (Å²) in [6, 6.07) is 10.1. The average Bonchev–Trinajstić information content (AvgIpc) is 3.29. The van der Waals surface area contributed by atoms with Gasteiger partial charge in [0.15, 0.2) is 0 Å². The van der Waals surface area contributed by atoms with E-state index in [1.807, 2.05) is 11.0 Å². The van der Waals surface area contributed by atoms with E-state index >= 15 is 0 Å². The molecule has 4 rings (SSSR count). The number of methoxy groups -OCH3 is 1. The number of likely N-dealkylation sites (tertiary alicyclic amines) is 1. The van der Waals surface area contributed by atoms with E-state index in [-0.39, 0.29) is 23.8 Å². The third-order valence-corrected chi connectivity index (χ3v) is 8.01. The summed E-state index contributed by atoms with van der Waals surface area (Å²) < 4.78 is 20.2. The molecule has 1 aliphatic heterocycles. The molecule has 10 heteroatoms. The number of ether oxygens (including phenoxy) is 1. The maximum Gasteiger partial charge on any atom is 0.325 e. The first kappa shape index (κ1) is 28.7. The lowest BCUT2D eigenvalue weighted by atomic mass is 9.89. The smallest absolute Gasteiger partial charge is 0.325 e. The molecular weight excluding hydrogens is 616 g/mol. The molecule has 3 aromatic rings. The molecule has 39 heavy (non-hydrogen) atoms. The Morgan fingerprint density at radius 2 is 1.72 bits per heavy atom. The number of hydrogen-bond acceptors (Lipinski definition) is 5. The van der Waals surface area contributed by atoms with Gasteiger partial charge in [-0.2, -0.15) is 0 Å². The van der Waals surface area contributed by atoms with E-state index in [9.17, 15) is 23.6 Å². The van der Waals surface area contributed by atoms with Crippen LogP contribution < -0.4 is 0 Å². The number of aromatic nitrogens is 1. The Hall–Kier alpha value is -3.28. The van der Waals surface area contributed by atoms with E-state index in [2.05, 4.69) is 22.6 Å². The van der Waals surface area contributed by atoms with Gasteiger partial charge in [-0.15, -0.1) is 0 Å². The highest BCUT2D eigenvalue weighted by molar-refractivity contribution is 14.1. The summed E-state index contributed by atoms with van der Waals surface area (Å²) in [6.07, 6.45) is 3.99. The van der Waals surface area contributed by atoms with Crippen LogP contribution in [0.15, 0.2) is 42.6 Å². The normalized spacial score (nSPS) is 13.9. The van der Waals surface area contributed by atoms with Crippen LogP contribution in [0.25, 0.3) is 10.9 Å². The number of alkyl halides is 1. The SMILES string of the molecule is COC(=O)Cn1cc(C(=O)C(=O)N(C)C)c2cc(C(=O)N3CCC(Cc4ccc(F)cc4)CC3)c(CI)cc21. The van der Waals surface area contributed by atoms with Gasteiger partial charge in [0.2, 0.25) is 0 Å². The first-order valence-electron chi connectivity index (χ1n) is 12.7. The second-order valence-corrected chi connectivity index (χ2v) is 10.8. The van der Waals surface area contributed by atoms with Gasteiger partial charge in [0.25, 0.3) is 17.6 Å². The van der Waals surface area contributed by atoms with Gasteiger partial charge in [-0.1, -0.05) is 34.7 Å². The molecule has 0 aliphatic carbocycles. The molecule has 0 radical (unpaired) electrons. The standard InChI is InChI=1S/C29H31FIN3O5/c1-32(2)29(38)27(36)24-16-34(17-26(35)39-3)25-13-20(15-31)22(14-23(24)25)28(37)33-10-8-19(9-11-33)12-18-4-6-21(30)7-5-18/h4-7,13-14,16,19H,8-12,15,17H2,1-3H3. The lowest BCUT2D eigenvalue weighted by molar-refractivity contribution is -0.141. The number of fused-ring (bicyclic) bond motifs is 1. The van der Waals surface area contributed by atoms with Crippen LogP contribution in [0.2, 0.25) is 0 Å². The molecule has 0 bridgehead atoms. The summed E-state index contributed by atoms with van der Waals surface area (Å²) in [6.45, 7) is 1.06. The minimum atomic E-state index is -0.712. The molecule has 206 valence electrons. The highest BCUT2D eigenvalue weighted by Crippen LogP contribution is 2.30. The fraction of sp³-hybridized carbons (Fsp3) is 0.379. The summed E-state index contributed by atoms with van der Waals surface area (Å²) in [5.74, 6) is -1.87. The van der Waals surface area contributed by atoms with Crippen molar-refractivity contribution >= 4 is 57.1 Å². The quantitative estimate of drug-likeness (QED) is 0.120. The van der Waals surface area contributed by atoms with Gasteiger partial charge in [0.05, 0.1) is 12.7 Å². The van der Waals surface area contributed by atoms with Crippen molar-refractivity contribution < 1.29 is 28.3 Å². The fourth-order valence-electron chi connectivity index (χ4n) is 4.99. The van der Waals surface area contributed by atoms with E-state index in [0.717, 1.165) is 30.4 Å². The maximum absolute atomic E-state index is 13.7. The predicted octanol–water partition coefficient (Wildman–Crippen LogP) is 4.25. The number of carbonyl (C=O) groups is 4. The molecule has 1 saturated heterocycles. The zero-order chi connectivity index (χ0) is 28.3. The summed E-state index contributed by atoms with van der Waals surface area (Å²) >= 11 is 2.19. The Labute approximate surface area is 240 Å². The predicted molar refractivity (Wildman–Crippen MR) is 153 cm³/mol. The number of amides is 2. The summed E-state index contributed by atoms with van der Waals surface area (Å²) in [5.41, 5.74) is 3.07. The Balaban J connectivity index is 1.63. The number of likely N-dealkylation sites (N-methyl/N-ethyl adjacent to an activating group) is 1. The van der Waals surface area contributed by atoms with Crippen LogP contribution in [0.5, 0.6) is 0 Å². The van der Waals surface area contributed by atoms with Gasteiger partial charge in [0.1, 0.15) is 12.4 Å². The highest BCUT2D eigenvalue weighted by Gasteiger charge is 2.28. The first-order valence-corrected chi connectivity index (χ1v) is 14.2. The van der Waals surface area contributed by atoms with Crippen molar-refractivity contribution in [2.75, 3.05) is 34.3 Å². The molecule has 2 amide bonds. The van der Waals surface area contributed by atoms with Crippen molar-refractivity contribution in [1.29, 1.82) is 0 Å². The monoisotopic (exact) mass is 647 g/mol. The van der Waals surface area contributed by atoms with Crippen molar-refractivity contribution in [1.82, 2.24) is 14.4 Å². The minimum Gasteiger partial charge on any atom is -0.468 e. The van der Waals surface area contributed by atoms with Crippen LogP contribution in [-0.2, 0) is 31.7 Å². The van der Waals surface area contributed by atoms with Crippen molar-refractivity contribution in [3.8, 4) is 0 Å². The first-order chi connectivity index (χ1) is 18.6. The van der Waals surface area contributed by atoms with Gasteiger partial charge >= 0.3 is 5.97 Å². The molecule has 0 unspecified atom stereocenters. The molecule has 2 aromatic carbocycles. The molecule has 2 heterocycles. The largest absolute Gasteiger partial charge is 0.468 e. The second kappa shape index (κ2) is 12.3. The number of esters is 1. The zero-order valence-electron chi connectivity index (χ0n) is 22.2. The van der Waals surface area contributed by atoms with Gasteiger partial charge in [-0.25, -0.2) is 4.39 Å². The van der Waals surface area contributed by atoms with Crippen molar-refractivity contribution in [2.24, 2.45) is 5.92 Å². The molecule has 1 fully saturated rings. The number of halogens is 2. The number of rotatable bonds is 8. The molecule has 0 atom stereocenters. The lowest BCUT2D eigenvalue weighted by Gasteiger charge is -2.32. The number of ketones is 1. The van der Waals surface area contributed by atoms with Crippen LogP contribution in [-0.4, -0.2) is 72.2 Å². The summed E-state index contributed by atoms with van der Waals surface area (Å²) in [7, 11) is 4.28. The van der Waals surface area contributed by atoms with Gasteiger partial charge in [0, 0.05) is 54.3 Å². The van der Waals surface area contributed by atoms with E-state index in [0.29, 0.717) is 39.9 Å². The molecule has 8 nitrogen and oxygen atoms in total. The van der Waals surface area contributed by atoms with Crippen LogP contribution in [0.1, 0.15) is 44.7 Å². The molecular formula is C29H31FIN3O5. The Bertz CT molecular complexity index is 1410. The number of carbonyl (C=O) groups excluding carboxylic acids is 4. The van der Waals surface area contributed by atoms with Gasteiger partial charge in [-0.3, -0.25) is 19.2 Å². The Morgan fingerprint density at radius 1 is 1.05 bits per heavy atom. The molecule has 1 aliphatic rings. The zero-order valence-corrected chi connectivity index (χ0v) is 24.4. The Kier molecular flexibility index (Phi) is 9.04. The molecule has 0 saturated carbocycles. The topological polar surface area (TPSA) is 88.9 Å². The number of piperidine rings is 1. The van der Waals surface area contributed by atoms with Crippen LogP contribution in [0, 0.1) is 11.7 Å². The summed E-state index contributed by atoms with van der Waals surface area (Å²) in [4.78, 5) is 54.4. The van der Waals surface area contributed by atoms with Crippen LogP contribution >= 0.6 is 22.6 Å². The third kappa shape index (κ3) is 6.32. The lowest BCUT2D eigenvalue weighted by Crippen LogP contribution is -2.39. The van der Waals surface area contributed by atoms with E-state index in [4.69, 9.17) is 4.74 Å². The highest BCUT2D eigenvalue weighted by atomic mass is 127. The molecule has 0 N–H and O–H groups in total. The number of hydrogen-bond donors (Lipinski definition) is 0. The Morgan fingerprint density at radius 3 is 2.31 bits per heavy atom. The van der Waals surface area contributed by atoms with E-state index in [1.165, 1.54) is 44.4 Å². The van der Waals surface area contributed by atoms with Gasteiger partial charge < -0.3 is 19.1 Å². The summed E-state index contributed by atoms with van der Waals surface area (Å²) in [5, 5.41) is 0.447. The fourth-order valence-corrected chi connectivity index (χ4v) is 5.62. The van der Waals surface area contributed by atoms with E-state index in [1.54, 1.807) is 22.8 Å². The van der Waals surface area contributed by atoms with Crippen molar-refractivity contribution in [3.05, 3.63) is 70.7 Å².